The lowest BCUT2D eigenvalue weighted by atomic mass is 10.2. The Hall–Kier alpha value is -2.05. The second kappa shape index (κ2) is 7.68. The molecule has 0 N–H and O–H groups in total. The molecule has 0 unspecified atom stereocenters. The number of rotatable bonds is 6. The summed E-state index contributed by atoms with van der Waals surface area (Å²) in [5.74, 6) is -0.622. The smallest absolute Gasteiger partial charge is 0.326 e. The molecular formula is C17H18ClNO4S. The fraction of sp³-hybridized carbons (Fsp3) is 0.235. The molecule has 128 valence electrons. The van der Waals surface area contributed by atoms with Crippen molar-refractivity contribution < 1.29 is 17.9 Å². The highest BCUT2D eigenvalue weighted by atomic mass is 35.5. The molecule has 0 bridgehead atoms. The first kappa shape index (κ1) is 18.3. The Balaban J connectivity index is 2.45. The fourth-order valence-corrected chi connectivity index (χ4v) is 3.62. The molecule has 0 amide bonds. The number of hydrogen-bond donors (Lipinski definition) is 0. The first-order valence-corrected chi connectivity index (χ1v) is 9.17. The van der Waals surface area contributed by atoms with Crippen LogP contribution in [-0.2, 0) is 19.6 Å². The number of benzene rings is 2. The van der Waals surface area contributed by atoms with Crippen molar-refractivity contribution >= 4 is 33.3 Å². The predicted octanol–water partition coefficient (Wildman–Crippen LogP) is 3.41. The summed E-state index contributed by atoms with van der Waals surface area (Å²) in [6, 6.07) is 12.7. The van der Waals surface area contributed by atoms with Crippen molar-refractivity contribution in [3.05, 3.63) is 59.1 Å². The topological polar surface area (TPSA) is 63.7 Å². The molecule has 5 nitrogen and oxygen atoms in total. The van der Waals surface area contributed by atoms with Crippen molar-refractivity contribution in [1.82, 2.24) is 0 Å². The van der Waals surface area contributed by atoms with Gasteiger partial charge < -0.3 is 4.74 Å². The van der Waals surface area contributed by atoms with Gasteiger partial charge in [0.05, 0.1) is 17.2 Å². The molecule has 0 fully saturated rings. The van der Waals surface area contributed by atoms with E-state index in [1.807, 2.05) is 6.92 Å². The maximum Gasteiger partial charge on any atom is 0.326 e. The maximum absolute atomic E-state index is 13.0. The van der Waals surface area contributed by atoms with E-state index in [1.165, 1.54) is 12.1 Å². The van der Waals surface area contributed by atoms with E-state index in [1.54, 1.807) is 43.3 Å². The van der Waals surface area contributed by atoms with Crippen LogP contribution in [0.25, 0.3) is 0 Å². The van der Waals surface area contributed by atoms with E-state index in [4.69, 9.17) is 16.3 Å². The Bertz CT molecular complexity index is 801. The number of hydrogen-bond acceptors (Lipinski definition) is 4. The highest BCUT2D eigenvalue weighted by Gasteiger charge is 2.27. The monoisotopic (exact) mass is 367 g/mol. The number of ether oxygens (including phenoxy) is 1. The minimum atomic E-state index is -3.91. The molecule has 0 radical (unpaired) electrons. The van der Waals surface area contributed by atoms with Crippen LogP contribution in [-0.4, -0.2) is 27.5 Å². The molecule has 7 heteroatoms. The quantitative estimate of drug-likeness (QED) is 0.734. The van der Waals surface area contributed by atoms with Gasteiger partial charge in [-0.3, -0.25) is 9.10 Å². The van der Waals surface area contributed by atoms with E-state index in [2.05, 4.69) is 0 Å². The van der Waals surface area contributed by atoms with Gasteiger partial charge in [-0.2, -0.15) is 0 Å². The van der Waals surface area contributed by atoms with E-state index in [0.717, 1.165) is 9.87 Å². The lowest BCUT2D eigenvalue weighted by Crippen LogP contribution is -2.36. The number of nitrogens with zero attached hydrogens (tertiary/aromatic N) is 1. The van der Waals surface area contributed by atoms with Gasteiger partial charge in [0.15, 0.2) is 0 Å². The molecule has 0 aliphatic carbocycles. The molecule has 0 aromatic heterocycles. The van der Waals surface area contributed by atoms with Gasteiger partial charge in [-0.25, -0.2) is 8.42 Å². The molecule has 0 aliphatic rings. The summed E-state index contributed by atoms with van der Waals surface area (Å²) in [4.78, 5) is 12.0. The number of aryl methyl sites for hydroxylation is 1. The summed E-state index contributed by atoms with van der Waals surface area (Å²) in [6.07, 6.45) is 0. The average Bonchev–Trinajstić information content (AvgIpc) is 2.54. The van der Waals surface area contributed by atoms with E-state index in [0.29, 0.717) is 10.7 Å². The summed E-state index contributed by atoms with van der Waals surface area (Å²) in [6.45, 7) is 3.30. The van der Waals surface area contributed by atoms with E-state index in [9.17, 15) is 13.2 Å². The summed E-state index contributed by atoms with van der Waals surface area (Å²) >= 11 is 5.86. The van der Waals surface area contributed by atoms with Crippen molar-refractivity contribution in [2.75, 3.05) is 17.5 Å². The van der Waals surface area contributed by atoms with Crippen molar-refractivity contribution in [3.63, 3.8) is 0 Å². The third-order valence-electron chi connectivity index (χ3n) is 3.30. The zero-order valence-electron chi connectivity index (χ0n) is 13.4. The van der Waals surface area contributed by atoms with Crippen LogP contribution in [0.1, 0.15) is 12.5 Å². The predicted molar refractivity (Wildman–Crippen MR) is 93.8 cm³/mol. The number of carbonyl (C=O) groups is 1. The van der Waals surface area contributed by atoms with E-state index >= 15 is 0 Å². The Morgan fingerprint density at radius 3 is 2.21 bits per heavy atom. The molecule has 0 spiro atoms. The Kier molecular flexibility index (Phi) is 5.85. The minimum absolute atomic E-state index is 0.104. The summed E-state index contributed by atoms with van der Waals surface area (Å²) in [5.41, 5.74) is 1.28. The SMILES string of the molecule is CCOC(=O)CN(c1ccc(Cl)cc1)S(=O)(=O)c1ccc(C)cc1. The zero-order chi connectivity index (χ0) is 17.7. The molecule has 2 aromatic carbocycles. The second-order valence-corrected chi connectivity index (χ2v) is 7.40. The van der Waals surface area contributed by atoms with Crippen molar-refractivity contribution in [2.45, 2.75) is 18.7 Å². The first-order chi connectivity index (χ1) is 11.3. The molecule has 0 heterocycles. The van der Waals surface area contributed by atoms with Crippen molar-refractivity contribution in [2.24, 2.45) is 0 Å². The van der Waals surface area contributed by atoms with Crippen LogP contribution in [0.5, 0.6) is 0 Å². The van der Waals surface area contributed by atoms with Gasteiger partial charge in [0, 0.05) is 5.02 Å². The van der Waals surface area contributed by atoms with Crippen LogP contribution in [0.2, 0.25) is 5.02 Å². The zero-order valence-corrected chi connectivity index (χ0v) is 15.0. The van der Waals surface area contributed by atoms with E-state index in [-0.39, 0.29) is 11.5 Å². The average molecular weight is 368 g/mol. The Morgan fingerprint density at radius 1 is 1.08 bits per heavy atom. The molecule has 24 heavy (non-hydrogen) atoms. The minimum Gasteiger partial charge on any atom is -0.465 e. The molecule has 2 rings (SSSR count). The third kappa shape index (κ3) is 4.27. The van der Waals surface area contributed by atoms with Crippen LogP contribution >= 0.6 is 11.6 Å². The molecule has 0 aliphatic heterocycles. The lowest BCUT2D eigenvalue weighted by molar-refractivity contribution is -0.141. The van der Waals surface area contributed by atoms with Gasteiger partial charge in [0.2, 0.25) is 0 Å². The summed E-state index contributed by atoms with van der Waals surface area (Å²) < 4.78 is 31.8. The molecule has 0 saturated heterocycles. The van der Waals surface area contributed by atoms with Crippen LogP contribution < -0.4 is 4.31 Å². The largest absolute Gasteiger partial charge is 0.465 e. The molecular weight excluding hydrogens is 350 g/mol. The van der Waals surface area contributed by atoms with Crippen LogP contribution in [0, 0.1) is 6.92 Å². The van der Waals surface area contributed by atoms with Crippen molar-refractivity contribution in [1.29, 1.82) is 0 Å². The Labute approximate surface area is 146 Å². The number of carbonyl (C=O) groups excluding carboxylic acids is 1. The van der Waals surface area contributed by atoms with Crippen LogP contribution in [0.3, 0.4) is 0 Å². The number of halogens is 1. The highest BCUT2D eigenvalue weighted by molar-refractivity contribution is 7.92. The second-order valence-electron chi connectivity index (χ2n) is 5.11. The van der Waals surface area contributed by atoms with Gasteiger partial charge in [-0.15, -0.1) is 0 Å². The number of anilines is 1. The lowest BCUT2D eigenvalue weighted by Gasteiger charge is -2.23. The number of sulfonamides is 1. The fourth-order valence-electron chi connectivity index (χ4n) is 2.08. The van der Waals surface area contributed by atoms with Gasteiger partial charge >= 0.3 is 5.97 Å². The number of esters is 1. The highest BCUT2D eigenvalue weighted by Crippen LogP contribution is 2.25. The van der Waals surface area contributed by atoms with Gasteiger partial charge in [0.1, 0.15) is 6.54 Å². The van der Waals surface area contributed by atoms with Crippen molar-refractivity contribution in [3.8, 4) is 0 Å². The standard InChI is InChI=1S/C17H18ClNO4S/c1-3-23-17(20)12-19(15-8-6-14(18)7-9-15)24(21,22)16-10-4-13(2)5-11-16/h4-11H,3,12H2,1-2H3. The van der Waals surface area contributed by atoms with Gasteiger partial charge in [-0.1, -0.05) is 29.3 Å². The molecule has 0 atom stereocenters. The van der Waals surface area contributed by atoms with Crippen LogP contribution in [0.15, 0.2) is 53.4 Å². The van der Waals surface area contributed by atoms with E-state index < -0.39 is 22.5 Å². The normalized spacial score (nSPS) is 11.1. The van der Waals surface area contributed by atoms with Gasteiger partial charge in [0.25, 0.3) is 10.0 Å². The molecule has 0 saturated carbocycles. The summed E-state index contributed by atoms with van der Waals surface area (Å²) in [5, 5.41) is 0.475. The first-order valence-electron chi connectivity index (χ1n) is 7.35. The summed E-state index contributed by atoms with van der Waals surface area (Å²) in [7, 11) is -3.91. The van der Waals surface area contributed by atoms with Crippen LogP contribution in [0.4, 0.5) is 5.69 Å². The van der Waals surface area contributed by atoms with Gasteiger partial charge in [-0.05, 0) is 50.2 Å². The maximum atomic E-state index is 13.0. The Morgan fingerprint density at radius 2 is 1.67 bits per heavy atom. The molecule has 2 aromatic rings. The third-order valence-corrected chi connectivity index (χ3v) is 5.34.